The van der Waals surface area contributed by atoms with Crippen molar-refractivity contribution in [1.29, 1.82) is 0 Å². The molecule has 0 aromatic carbocycles. The first-order chi connectivity index (χ1) is 7.69. The molecule has 0 heteroatoms. The van der Waals surface area contributed by atoms with E-state index < -0.39 is 0 Å². The van der Waals surface area contributed by atoms with Crippen LogP contribution in [0.2, 0.25) is 0 Å². The van der Waals surface area contributed by atoms with Gasteiger partial charge in [-0.05, 0) is 68.1 Å². The Hall–Kier alpha value is -0.260. The van der Waals surface area contributed by atoms with Gasteiger partial charge in [-0.1, -0.05) is 31.9 Å². The van der Waals surface area contributed by atoms with Crippen LogP contribution in [0.5, 0.6) is 0 Å². The van der Waals surface area contributed by atoms with Gasteiger partial charge in [0.25, 0.3) is 0 Å². The predicted molar refractivity (Wildman–Crippen MR) is 69.2 cm³/mol. The molecule has 90 valence electrons. The summed E-state index contributed by atoms with van der Waals surface area (Å²) in [5, 5.41) is 0. The molecular formula is C16H26. The second kappa shape index (κ2) is 3.62. The molecule has 0 heterocycles. The molecule has 0 radical (unpaired) electrons. The Morgan fingerprint density at radius 2 is 2.19 bits per heavy atom. The van der Waals surface area contributed by atoms with E-state index in [2.05, 4.69) is 26.8 Å². The third-order valence-electron chi connectivity index (χ3n) is 6.20. The van der Waals surface area contributed by atoms with Gasteiger partial charge >= 0.3 is 0 Å². The molecule has 3 fully saturated rings. The lowest BCUT2D eigenvalue weighted by Crippen LogP contribution is -2.18. The molecule has 0 aromatic heterocycles. The van der Waals surface area contributed by atoms with Crippen molar-refractivity contribution in [3.8, 4) is 0 Å². The normalized spacial score (nSPS) is 53.3. The highest BCUT2D eigenvalue weighted by atomic mass is 14.6. The molecule has 0 aromatic rings. The van der Waals surface area contributed by atoms with E-state index in [1.807, 2.05) is 0 Å². The van der Waals surface area contributed by atoms with Crippen LogP contribution < -0.4 is 0 Å². The summed E-state index contributed by atoms with van der Waals surface area (Å²) in [6.45, 7) is 7.24. The third kappa shape index (κ3) is 1.28. The van der Waals surface area contributed by atoms with Crippen LogP contribution in [-0.2, 0) is 0 Å². The maximum atomic E-state index is 2.59. The van der Waals surface area contributed by atoms with Crippen molar-refractivity contribution in [3.63, 3.8) is 0 Å². The lowest BCUT2D eigenvalue weighted by Gasteiger charge is -2.27. The summed E-state index contributed by atoms with van der Waals surface area (Å²) in [6, 6.07) is 0. The van der Waals surface area contributed by atoms with Crippen LogP contribution in [0, 0.1) is 29.1 Å². The lowest BCUT2D eigenvalue weighted by molar-refractivity contribution is 0.239. The Kier molecular flexibility index (Phi) is 2.46. The van der Waals surface area contributed by atoms with Crippen molar-refractivity contribution < 1.29 is 0 Å². The smallest absolute Gasteiger partial charge is 0.0174 e. The minimum atomic E-state index is 0.738. The van der Waals surface area contributed by atoms with E-state index in [0.717, 1.165) is 29.1 Å². The molecule has 0 spiro atoms. The predicted octanol–water partition coefficient (Wildman–Crippen LogP) is 4.81. The van der Waals surface area contributed by atoms with Crippen molar-refractivity contribution in [3.05, 3.63) is 11.6 Å². The van der Waals surface area contributed by atoms with Gasteiger partial charge in [-0.15, -0.1) is 0 Å². The molecule has 0 amide bonds. The van der Waals surface area contributed by atoms with Gasteiger partial charge in [0.15, 0.2) is 0 Å². The zero-order valence-corrected chi connectivity index (χ0v) is 11.1. The van der Waals surface area contributed by atoms with Crippen LogP contribution in [0.25, 0.3) is 0 Å². The Morgan fingerprint density at radius 3 is 2.88 bits per heavy atom. The Balaban J connectivity index is 1.89. The highest BCUT2D eigenvalue weighted by Crippen LogP contribution is 2.66. The van der Waals surface area contributed by atoms with Gasteiger partial charge in [0, 0.05) is 0 Å². The van der Waals surface area contributed by atoms with Gasteiger partial charge in [0.2, 0.25) is 0 Å². The second-order valence-electron chi connectivity index (χ2n) is 6.77. The Morgan fingerprint density at radius 1 is 1.38 bits per heavy atom. The fraction of sp³-hybridized carbons (Fsp3) is 0.875. The van der Waals surface area contributed by atoms with Crippen molar-refractivity contribution in [1.82, 2.24) is 0 Å². The number of hydrogen-bond donors (Lipinski definition) is 0. The van der Waals surface area contributed by atoms with E-state index in [4.69, 9.17) is 0 Å². The molecular weight excluding hydrogens is 192 g/mol. The van der Waals surface area contributed by atoms with E-state index in [0.29, 0.717) is 0 Å². The molecule has 0 saturated heterocycles. The first-order valence-corrected chi connectivity index (χ1v) is 7.34. The van der Waals surface area contributed by atoms with E-state index >= 15 is 0 Å². The van der Waals surface area contributed by atoms with Gasteiger partial charge in [-0.3, -0.25) is 0 Å². The molecule has 3 aliphatic carbocycles. The molecule has 0 nitrogen and oxygen atoms in total. The molecule has 5 atom stereocenters. The van der Waals surface area contributed by atoms with Crippen molar-refractivity contribution in [2.75, 3.05) is 0 Å². The molecule has 3 saturated carbocycles. The molecule has 3 aliphatic rings. The third-order valence-corrected chi connectivity index (χ3v) is 6.20. The summed E-state index contributed by atoms with van der Waals surface area (Å²) in [5.41, 5.74) is 2.54. The first kappa shape index (κ1) is 10.9. The summed E-state index contributed by atoms with van der Waals surface area (Å²) in [5.74, 6) is 4.12. The summed E-state index contributed by atoms with van der Waals surface area (Å²) >= 11 is 0. The van der Waals surface area contributed by atoms with Gasteiger partial charge in [0.05, 0.1) is 0 Å². The maximum absolute atomic E-state index is 2.59. The minimum Gasteiger partial charge on any atom is -0.0882 e. The highest BCUT2D eigenvalue weighted by Gasteiger charge is 2.57. The molecule has 3 rings (SSSR count). The zero-order chi connectivity index (χ0) is 11.3. The second-order valence-corrected chi connectivity index (χ2v) is 6.77. The molecule has 5 unspecified atom stereocenters. The zero-order valence-electron chi connectivity index (χ0n) is 11.1. The van der Waals surface area contributed by atoms with E-state index in [1.165, 1.54) is 38.5 Å². The molecule has 0 aliphatic heterocycles. The van der Waals surface area contributed by atoms with Crippen LogP contribution in [0.3, 0.4) is 0 Å². The fourth-order valence-corrected chi connectivity index (χ4v) is 5.56. The van der Waals surface area contributed by atoms with E-state index in [-0.39, 0.29) is 0 Å². The van der Waals surface area contributed by atoms with Gasteiger partial charge in [-0.2, -0.15) is 0 Å². The topological polar surface area (TPSA) is 0 Å². The van der Waals surface area contributed by atoms with Crippen molar-refractivity contribution in [2.24, 2.45) is 29.1 Å². The Labute approximate surface area is 101 Å². The number of allylic oxidation sites excluding steroid dienone is 2. The average molecular weight is 218 g/mol. The van der Waals surface area contributed by atoms with Crippen LogP contribution in [0.15, 0.2) is 11.6 Å². The largest absolute Gasteiger partial charge is 0.0882 e. The number of rotatable bonds is 1. The van der Waals surface area contributed by atoms with Crippen molar-refractivity contribution >= 4 is 0 Å². The Bertz CT molecular complexity index is 314. The van der Waals surface area contributed by atoms with Crippen LogP contribution in [-0.4, -0.2) is 0 Å². The maximum Gasteiger partial charge on any atom is -0.0174 e. The molecule has 0 N–H and O–H groups in total. The highest BCUT2D eigenvalue weighted by molar-refractivity contribution is 5.20. The summed E-state index contributed by atoms with van der Waals surface area (Å²) in [7, 11) is 0. The first-order valence-electron chi connectivity index (χ1n) is 7.34. The summed E-state index contributed by atoms with van der Waals surface area (Å²) < 4.78 is 0. The average Bonchev–Trinajstić information content (AvgIpc) is 2.84. The molecule has 0 bridgehead atoms. The SMILES string of the molecule is C/C=C1/CC2C(CC3(C)CCCC23)C1CC. The van der Waals surface area contributed by atoms with E-state index in [1.54, 1.807) is 5.57 Å². The van der Waals surface area contributed by atoms with Gasteiger partial charge in [0.1, 0.15) is 0 Å². The number of hydrogen-bond acceptors (Lipinski definition) is 0. The monoisotopic (exact) mass is 218 g/mol. The minimum absolute atomic E-state index is 0.738. The van der Waals surface area contributed by atoms with E-state index in [9.17, 15) is 0 Å². The van der Waals surface area contributed by atoms with Gasteiger partial charge < -0.3 is 0 Å². The molecule has 16 heavy (non-hydrogen) atoms. The fourth-order valence-electron chi connectivity index (χ4n) is 5.56. The number of fused-ring (bicyclic) bond motifs is 3. The standard InChI is InChI=1S/C16H26/c1-4-11-9-13-14(12(11)5-2)10-16(3)8-6-7-15(13)16/h4,12-15H,5-10H2,1-3H3/b11-4-. The van der Waals surface area contributed by atoms with Crippen LogP contribution >= 0.6 is 0 Å². The summed E-state index contributed by atoms with van der Waals surface area (Å²) in [4.78, 5) is 0. The van der Waals surface area contributed by atoms with Gasteiger partial charge in [-0.25, -0.2) is 0 Å². The lowest BCUT2D eigenvalue weighted by atomic mass is 9.78. The quantitative estimate of drug-likeness (QED) is 0.554. The van der Waals surface area contributed by atoms with Crippen LogP contribution in [0.4, 0.5) is 0 Å². The summed E-state index contributed by atoms with van der Waals surface area (Å²) in [6.07, 6.45) is 11.4. The van der Waals surface area contributed by atoms with Crippen LogP contribution in [0.1, 0.15) is 59.3 Å². The van der Waals surface area contributed by atoms with Crippen molar-refractivity contribution in [2.45, 2.75) is 59.3 Å².